The molecule has 2 aromatic rings. The molecule has 0 spiro atoms. The average molecular weight is 405 g/mol. The van der Waals surface area contributed by atoms with Crippen molar-refractivity contribution in [1.82, 2.24) is 19.9 Å². The van der Waals surface area contributed by atoms with Gasteiger partial charge in [-0.3, -0.25) is 0 Å². The molecule has 0 bridgehead atoms. The summed E-state index contributed by atoms with van der Waals surface area (Å²) in [6.45, 7) is -0.609. The summed E-state index contributed by atoms with van der Waals surface area (Å²) in [5.74, 6) is 0.719. The van der Waals surface area contributed by atoms with Gasteiger partial charge < -0.3 is 20.5 Å². The molecule has 0 amide bonds. The van der Waals surface area contributed by atoms with Gasteiger partial charge in [0, 0.05) is 18.8 Å². The zero-order chi connectivity index (χ0) is 20.6. The molecule has 154 valence electrons. The van der Waals surface area contributed by atoms with Gasteiger partial charge in [-0.2, -0.15) is 10.2 Å². The number of nitrogens with zero attached hydrogens (tertiary/aromatic N) is 5. The van der Waals surface area contributed by atoms with Gasteiger partial charge in [-0.05, 0) is 25.7 Å². The maximum Gasteiger partial charge on any atom is 0.272 e. The third-order valence-electron chi connectivity index (χ3n) is 4.48. The minimum atomic E-state index is -2.61. The van der Waals surface area contributed by atoms with Crippen LogP contribution in [0.25, 0.3) is 0 Å². The molecule has 11 heteroatoms. The van der Waals surface area contributed by atoms with Gasteiger partial charge in [-0.1, -0.05) is 0 Å². The lowest BCUT2D eigenvalue weighted by molar-refractivity contribution is 0.0790. The van der Waals surface area contributed by atoms with Gasteiger partial charge in [0.25, 0.3) is 6.43 Å². The first kappa shape index (κ1) is 20.6. The van der Waals surface area contributed by atoms with E-state index >= 15 is 0 Å². The van der Waals surface area contributed by atoms with Gasteiger partial charge in [-0.25, -0.2) is 23.7 Å². The van der Waals surface area contributed by atoms with Crippen LogP contribution in [0, 0.1) is 11.3 Å². The number of hydrogen-bond acceptors (Lipinski definition) is 9. The van der Waals surface area contributed by atoms with Crippen LogP contribution in [0.4, 0.5) is 20.5 Å². The Kier molecular flexibility index (Phi) is 7.02. The fourth-order valence-electron chi connectivity index (χ4n) is 2.99. The molecule has 3 rings (SSSR count). The molecule has 2 aromatic heterocycles. The number of aromatic nitrogens is 4. The van der Waals surface area contributed by atoms with E-state index in [2.05, 4.69) is 36.6 Å². The maximum atomic E-state index is 12.4. The second-order valence-corrected chi connectivity index (χ2v) is 6.63. The molecule has 1 fully saturated rings. The molecule has 0 radical (unpaired) electrons. The summed E-state index contributed by atoms with van der Waals surface area (Å²) in [5, 5.41) is 25.1. The Morgan fingerprint density at radius 1 is 1.24 bits per heavy atom. The lowest BCUT2D eigenvalue weighted by Crippen LogP contribution is -2.29. The van der Waals surface area contributed by atoms with E-state index in [-0.39, 0.29) is 30.5 Å². The van der Waals surface area contributed by atoms with Crippen molar-refractivity contribution in [2.75, 3.05) is 17.2 Å². The Morgan fingerprint density at radius 2 is 2.03 bits per heavy atom. The predicted octanol–water partition coefficient (Wildman–Crippen LogP) is 2.11. The molecule has 29 heavy (non-hydrogen) atoms. The van der Waals surface area contributed by atoms with Gasteiger partial charge in [0.05, 0.1) is 17.9 Å². The van der Waals surface area contributed by atoms with E-state index in [9.17, 15) is 19.1 Å². The zero-order valence-corrected chi connectivity index (χ0v) is 15.6. The van der Waals surface area contributed by atoms with Crippen molar-refractivity contribution >= 4 is 11.8 Å². The highest BCUT2D eigenvalue weighted by Gasteiger charge is 2.21. The molecular formula is C18H21F2N7O2. The number of nitriles is 1. The standard InChI is InChI=1S/C18H21F2N7O2/c19-15(20)9-29-17-12(6-22-10-25-17)8-24-18-23-7-11(5-21)16(27-18)26-13-1-3-14(28)4-2-13/h6-7,10,13-15,28H,1-4,8-9H2,(H2,23,24,26,27)/t13-,14+. The van der Waals surface area contributed by atoms with E-state index in [1.807, 2.05) is 0 Å². The Labute approximate surface area is 166 Å². The Hall–Kier alpha value is -3.13. The molecule has 1 saturated carbocycles. The van der Waals surface area contributed by atoms with Crippen LogP contribution in [0.1, 0.15) is 36.8 Å². The van der Waals surface area contributed by atoms with E-state index in [1.54, 1.807) is 0 Å². The quantitative estimate of drug-likeness (QED) is 0.605. The van der Waals surface area contributed by atoms with Crippen molar-refractivity contribution in [2.45, 2.75) is 50.8 Å². The Bertz CT molecular complexity index is 854. The van der Waals surface area contributed by atoms with Crippen LogP contribution >= 0.6 is 0 Å². The van der Waals surface area contributed by atoms with Crippen LogP contribution < -0.4 is 15.4 Å². The lowest BCUT2D eigenvalue weighted by Gasteiger charge is -2.26. The van der Waals surface area contributed by atoms with E-state index in [0.717, 1.165) is 12.8 Å². The van der Waals surface area contributed by atoms with Crippen molar-refractivity contribution in [2.24, 2.45) is 0 Å². The van der Waals surface area contributed by atoms with Crippen molar-refractivity contribution in [3.63, 3.8) is 0 Å². The van der Waals surface area contributed by atoms with Gasteiger partial charge in [0.2, 0.25) is 11.8 Å². The number of anilines is 2. The van der Waals surface area contributed by atoms with Gasteiger partial charge in [0.1, 0.15) is 23.8 Å². The number of ether oxygens (including phenoxy) is 1. The van der Waals surface area contributed by atoms with Gasteiger partial charge in [0.15, 0.2) is 6.61 Å². The summed E-state index contributed by atoms with van der Waals surface area (Å²) < 4.78 is 29.8. The van der Waals surface area contributed by atoms with E-state index in [0.29, 0.717) is 29.8 Å². The van der Waals surface area contributed by atoms with E-state index < -0.39 is 13.0 Å². The highest BCUT2D eigenvalue weighted by Crippen LogP contribution is 2.23. The highest BCUT2D eigenvalue weighted by atomic mass is 19.3. The van der Waals surface area contributed by atoms with Crippen LogP contribution in [-0.2, 0) is 6.54 Å². The summed E-state index contributed by atoms with van der Waals surface area (Å²) in [6, 6.07) is 2.17. The van der Waals surface area contributed by atoms with Crippen molar-refractivity contribution < 1.29 is 18.6 Å². The minimum Gasteiger partial charge on any atom is -0.471 e. The number of aliphatic hydroxyl groups is 1. The van der Waals surface area contributed by atoms with E-state index in [1.165, 1.54) is 18.7 Å². The first-order valence-electron chi connectivity index (χ1n) is 9.20. The van der Waals surface area contributed by atoms with Crippen LogP contribution in [0.2, 0.25) is 0 Å². The second-order valence-electron chi connectivity index (χ2n) is 6.63. The van der Waals surface area contributed by atoms with Gasteiger partial charge >= 0.3 is 0 Å². The molecule has 2 heterocycles. The summed E-state index contributed by atoms with van der Waals surface area (Å²) in [7, 11) is 0. The van der Waals surface area contributed by atoms with Gasteiger partial charge in [-0.15, -0.1) is 0 Å². The normalized spacial score (nSPS) is 18.9. The molecule has 1 aliphatic rings. The van der Waals surface area contributed by atoms with Crippen LogP contribution in [0.5, 0.6) is 5.88 Å². The molecule has 0 aliphatic heterocycles. The fraction of sp³-hybridized carbons (Fsp3) is 0.500. The Balaban J connectivity index is 1.67. The lowest BCUT2D eigenvalue weighted by atomic mass is 9.93. The molecule has 0 unspecified atom stereocenters. The van der Waals surface area contributed by atoms with Crippen molar-refractivity contribution in [1.29, 1.82) is 5.26 Å². The summed E-state index contributed by atoms with van der Waals surface area (Å²) in [4.78, 5) is 16.2. The smallest absolute Gasteiger partial charge is 0.272 e. The number of halogens is 2. The third-order valence-corrected chi connectivity index (χ3v) is 4.48. The van der Waals surface area contributed by atoms with Crippen LogP contribution in [0.3, 0.4) is 0 Å². The molecule has 0 atom stereocenters. The zero-order valence-electron chi connectivity index (χ0n) is 15.6. The molecule has 0 aromatic carbocycles. The SMILES string of the molecule is N#Cc1cnc(NCc2cncnc2OCC(F)F)nc1N[C@H]1CC[C@@H](O)CC1. The number of aliphatic hydroxyl groups excluding tert-OH is 1. The Morgan fingerprint density at radius 3 is 2.76 bits per heavy atom. The largest absolute Gasteiger partial charge is 0.471 e. The third kappa shape index (κ3) is 5.92. The molecule has 3 N–H and O–H groups in total. The monoisotopic (exact) mass is 405 g/mol. The number of alkyl halides is 2. The molecule has 0 saturated heterocycles. The number of hydrogen-bond donors (Lipinski definition) is 3. The molecule has 1 aliphatic carbocycles. The van der Waals surface area contributed by atoms with Crippen molar-refractivity contribution in [3.05, 3.63) is 29.8 Å². The molecular weight excluding hydrogens is 384 g/mol. The number of nitrogens with one attached hydrogen (secondary N) is 2. The minimum absolute atomic E-state index is 0.0561. The summed E-state index contributed by atoms with van der Waals surface area (Å²) in [5.41, 5.74) is 0.780. The summed E-state index contributed by atoms with van der Waals surface area (Å²) >= 11 is 0. The van der Waals surface area contributed by atoms with Crippen LogP contribution in [-0.4, -0.2) is 50.2 Å². The molecule has 9 nitrogen and oxygen atoms in total. The maximum absolute atomic E-state index is 12.4. The van der Waals surface area contributed by atoms with E-state index in [4.69, 9.17) is 4.74 Å². The predicted molar refractivity (Wildman–Crippen MR) is 99.5 cm³/mol. The highest BCUT2D eigenvalue weighted by molar-refractivity contribution is 5.54. The average Bonchev–Trinajstić information content (AvgIpc) is 2.73. The topological polar surface area (TPSA) is 129 Å². The fourth-order valence-corrected chi connectivity index (χ4v) is 2.99. The van der Waals surface area contributed by atoms with Crippen molar-refractivity contribution in [3.8, 4) is 11.9 Å². The first-order valence-corrected chi connectivity index (χ1v) is 9.20. The summed E-state index contributed by atoms with van der Waals surface area (Å²) in [6.07, 6.45) is 4.16. The van der Waals surface area contributed by atoms with Crippen LogP contribution in [0.15, 0.2) is 18.7 Å². The number of rotatable bonds is 8. The second kappa shape index (κ2) is 9.88. The first-order chi connectivity index (χ1) is 14.0.